The Morgan fingerprint density at radius 2 is 2.40 bits per heavy atom. The molecule has 2 rings (SSSR count). The molecule has 112 valence electrons. The largest absolute Gasteiger partial charge is 0.380 e. The van der Waals surface area contributed by atoms with Crippen LogP contribution in [0.25, 0.3) is 0 Å². The van der Waals surface area contributed by atoms with Crippen LogP contribution in [0.4, 0.5) is 4.79 Å². The molecule has 1 aliphatic rings. The lowest BCUT2D eigenvalue weighted by Crippen LogP contribution is -2.47. The highest BCUT2D eigenvalue weighted by molar-refractivity contribution is 5.74. The van der Waals surface area contributed by atoms with Crippen LogP contribution in [0, 0.1) is 6.92 Å². The fourth-order valence-electron chi connectivity index (χ4n) is 2.28. The quantitative estimate of drug-likeness (QED) is 0.801. The van der Waals surface area contributed by atoms with Crippen molar-refractivity contribution < 1.29 is 9.53 Å². The molecule has 0 aliphatic carbocycles. The first-order chi connectivity index (χ1) is 9.60. The zero-order chi connectivity index (χ0) is 14.5. The lowest BCUT2D eigenvalue weighted by Gasteiger charge is -2.26. The average Bonchev–Trinajstić information content (AvgIpc) is 2.78. The van der Waals surface area contributed by atoms with E-state index in [1.165, 1.54) is 0 Å². The monoisotopic (exact) mass is 281 g/mol. The first kappa shape index (κ1) is 14.8. The van der Waals surface area contributed by atoms with Crippen molar-refractivity contribution in [1.82, 2.24) is 25.0 Å². The SMILES string of the molecule is CCOCCN(C)C(=O)NC1CCc2nc(C)nn2C1. The number of carbonyl (C=O) groups is 1. The molecule has 0 aromatic carbocycles. The fraction of sp³-hybridized carbons (Fsp3) is 0.769. The standard InChI is InChI=1S/C13H23N5O2/c1-4-20-8-7-17(3)13(19)15-11-5-6-12-14-10(2)16-18(12)9-11/h11H,4-9H2,1-3H3,(H,15,19). The predicted octanol–water partition coefficient (Wildman–Crippen LogP) is 0.579. The van der Waals surface area contributed by atoms with Crippen LogP contribution in [0.15, 0.2) is 0 Å². The number of likely N-dealkylation sites (N-methyl/N-ethyl adjacent to an activating group) is 1. The molecule has 0 spiro atoms. The number of urea groups is 1. The van der Waals surface area contributed by atoms with Gasteiger partial charge in [0.2, 0.25) is 0 Å². The Hall–Kier alpha value is -1.63. The Bertz CT molecular complexity index is 460. The molecule has 1 atom stereocenters. The minimum atomic E-state index is -0.0602. The van der Waals surface area contributed by atoms with Crippen LogP contribution in [-0.4, -0.2) is 58.5 Å². The van der Waals surface area contributed by atoms with Crippen LogP contribution in [0.5, 0.6) is 0 Å². The molecule has 1 aromatic heterocycles. The number of ether oxygens (including phenoxy) is 1. The Labute approximate surface area is 119 Å². The second-order valence-electron chi connectivity index (χ2n) is 5.06. The lowest BCUT2D eigenvalue weighted by atomic mass is 10.1. The summed E-state index contributed by atoms with van der Waals surface area (Å²) in [6.07, 6.45) is 1.76. The van der Waals surface area contributed by atoms with Gasteiger partial charge in [-0.25, -0.2) is 14.5 Å². The Balaban J connectivity index is 1.81. The number of aromatic nitrogens is 3. The van der Waals surface area contributed by atoms with Gasteiger partial charge >= 0.3 is 6.03 Å². The van der Waals surface area contributed by atoms with Crippen molar-refractivity contribution in [2.75, 3.05) is 26.8 Å². The summed E-state index contributed by atoms with van der Waals surface area (Å²) in [7, 11) is 1.78. The van der Waals surface area contributed by atoms with Crippen molar-refractivity contribution in [3.05, 3.63) is 11.6 Å². The third kappa shape index (κ3) is 3.69. The van der Waals surface area contributed by atoms with Crippen LogP contribution in [0.1, 0.15) is 25.0 Å². The van der Waals surface area contributed by atoms with E-state index < -0.39 is 0 Å². The molecular weight excluding hydrogens is 258 g/mol. The molecule has 1 aromatic rings. The molecular formula is C13H23N5O2. The van der Waals surface area contributed by atoms with E-state index in [0.29, 0.717) is 26.3 Å². The summed E-state index contributed by atoms with van der Waals surface area (Å²) >= 11 is 0. The number of fused-ring (bicyclic) bond motifs is 1. The first-order valence-corrected chi connectivity index (χ1v) is 7.10. The van der Waals surface area contributed by atoms with Crippen molar-refractivity contribution in [2.24, 2.45) is 0 Å². The molecule has 0 fully saturated rings. The van der Waals surface area contributed by atoms with Crippen LogP contribution in [0.3, 0.4) is 0 Å². The van der Waals surface area contributed by atoms with Gasteiger partial charge in [0.25, 0.3) is 0 Å². The minimum absolute atomic E-state index is 0.0602. The second kappa shape index (κ2) is 6.69. The topological polar surface area (TPSA) is 72.3 Å². The van der Waals surface area contributed by atoms with Gasteiger partial charge < -0.3 is 15.0 Å². The maximum Gasteiger partial charge on any atom is 0.317 e. The van der Waals surface area contributed by atoms with Gasteiger partial charge in [0.1, 0.15) is 11.6 Å². The Kier molecular flexibility index (Phi) is 4.94. The normalized spacial score (nSPS) is 17.6. The van der Waals surface area contributed by atoms with Crippen LogP contribution in [0.2, 0.25) is 0 Å². The van der Waals surface area contributed by atoms with Crippen LogP contribution < -0.4 is 5.32 Å². The summed E-state index contributed by atoms with van der Waals surface area (Å²) < 4.78 is 7.14. The van der Waals surface area contributed by atoms with Crippen LogP contribution in [-0.2, 0) is 17.7 Å². The van der Waals surface area contributed by atoms with Gasteiger partial charge in [0.05, 0.1) is 19.2 Å². The third-order valence-electron chi connectivity index (χ3n) is 3.41. The minimum Gasteiger partial charge on any atom is -0.380 e. The molecule has 2 heterocycles. The van der Waals surface area contributed by atoms with E-state index in [0.717, 1.165) is 24.5 Å². The number of rotatable bonds is 5. The molecule has 0 radical (unpaired) electrons. The number of hydrogen-bond donors (Lipinski definition) is 1. The highest BCUT2D eigenvalue weighted by Crippen LogP contribution is 2.12. The average molecular weight is 281 g/mol. The molecule has 7 heteroatoms. The predicted molar refractivity (Wildman–Crippen MR) is 74.5 cm³/mol. The van der Waals surface area contributed by atoms with E-state index in [2.05, 4.69) is 15.4 Å². The lowest BCUT2D eigenvalue weighted by molar-refractivity contribution is 0.124. The summed E-state index contributed by atoms with van der Waals surface area (Å²) in [5.74, 6) is 1.80. The molecule has 0 saturated carbocycles. The van der Waals surface area contributed by atoms with Gasteiger partial charge in [-0.3, -0.25) is 0 Å². The van der Waals surface area contributed by atoms with Gasteiger partial charge in [-0.15, -0.1) is 0 Å². The van der Waals surface area contributed by atoms with E-state index in [-0.39, 0.29) is 12.1 Å². The van der Waals surface area contributed by atoms with Gasteiger partial charge in [0, 0.05) is 26.6 Å². The maximum atomic E-state index is 12.0. The first-order valence-electron chi connectivity index (χ1n) is 7.10. The number of aryl methyl sites for hydroxylation is 2. The molecule has 0 saturated heterocycles. The summed E-state index contributed by atoms with van der Waals surface area (Å²) in [6, 6.07) is 0.0561. The van der Waals surface area contributed by atoms with Gasteiger partial charge in [-0.1, -0.05) is 0 Å². The van der Waals surface area contributed by atoms with Crippen molar-refractivity contribution in [3.63, 3.8) is 0 Å². The van der Waals surface area contributed by atoms with Gasteiger partial charge in [0.15, 0.2) is 0 Å². The highest BCUT2D eigenvalue weighted by atomic mass is 16.5. The molecule has 2 amide bonds. The number of nitrogens with one attached hydrogen (secondary N) is 1. The van der Waals surface area contributed by atoms with Crippen molar-refractivity contribution >= 4 is 6.03 Å². The second-order valence-corrected chi connectivity index (χ2v) is 5.06. The van der Waals surface area contributed by atoms with Crippen molar-refractivity contribution in [1.29, 1.82) is 0 Å². The van der Waals surface area contributed by atoms with Gasteiger partial charge in [-0.2, -0.15) is 5.10 Å². The molecule has 0 bridgehead atoms. The Morgan fingerprint density at radius 3 is 3.15 bits per heavy atom. The fourth-order valence-corrected chi connectivity index (χ4v) is 2.28. The summed E-state index contributed by atoms with van der Waals surface area (Å²) in [5.41, 5.74) is 0. The molecule has 1 aliphatic heterocycles. The van der Waals surface area contributed by atoms with E-state index >= 15 is 0 Å². The molecule has 1 N–H and O–H groups in total. The highest BCUT2D eigenvalue weighted by Gasteiger charge is 2.23. The van der Waals surface area contributed by atoms with Crippen molar-refractivity contribution in [2.45, 2.75) is 39.3 Å². The van der Waals surface area contributed by atoms with Gasteiger partial charge in [-0.05, 0) is 20.3 Å². The van der Waals surface area contributed by atoms with E-state index in [4.69, 9.17) is 4.74 Å². The molecule has 7 nitrogen and oxygen atoms in total. The molecule has 20 heavy (non-hydrogen) atoms. The smallest absolute Gasteiger partial charge is 0.317 e. The summed E-state index contributed by atoms with van der Waals surface area (Å²) in [6.45, 7) is 6.37. The van der Waals surface area contributed by atoms with E-state index in [1.54, 1.807) is 11.9 Å². The zero-order valence-corrected chi connectivity index (χ0v) is 12.4. The van der Waals surface area contributed by atoms with Crippen LogP contribution >= 0.6 is 0 Å². The number of nitrogens with zero attached hydrogens (tertiary/aromatic N) is 4. The number of amides is 2. The van der Waals surface area contributed by atoms with E-state index in [1.807, 2.05) is 18.5 Å². The Morgan fingerprint density at radius 1 is 1.60 bits per heavy atom. The number of carbonyl (C=O) groups excluding carboxylic acids is 1. The maximum absolute atomic E-state index is 12.0. The van der Waals surface area contributed by atoms with Crippen molar-refractivity contribution in [3.8, 4) is 0 Å². The molecule has 1 unspecified atom stereocenters. The zero-order valence-electron chi connectivity index (χ0n) is 12.4. The third-order valence-corrected chi connectivity index (χ3v) is 3.41. The summed E-state index contributed by atoms with van der Waals surface area (Å²) in [4.78, 5) is 18.0. The van der Waals surface area contributed by atoms with E-state index in [9.17, 15) is 4.79 Å². The number of hydrogen-bond acceptors (Lipinski definition) is 4. The summed E-state index contributed by atoms with van der Waals surface area (Å²) in [5, 5.41) is 7.37.